The van der Waals surface area contributed by atoms with E-state index in [4.69, 9.17) is 4.74 Å². The van der Waals surface area contributed by atoms with E-state index in [9.17, 15) is 19.5 Å². The van der Waals surface area contributed by atoms with Crippen LogP contribution < -0.4 is 0 Å². The Kier molecular flexibility index (Phi) is 7.54. The highest BCUT2D eigenvalue weighted by atomic mass is 79.9. The zero-order chi connectivity index (χ0) is 24.5. The quantitative estimate of drug-likeness (QED) is 0.274. The second-order valence-corrected chi connectivity index (χ2v) is 11.5. The Balaban J connectivity index is 1.71. The number of halogens is 1. The Morgan fingerprint density at radius 3 is 2.68 bits per heavy atom. The summed E-state index contributed by atoms with van der Waals surface area (Å²) in [7, 11) is 0. The van der Waals surface area contributed by atoms with Crippen molar-refractivity contribution in [2.24, 2.45) is 11.8 Å². The zero-order valence-electron chi connectivity index (χ0n) is 18.8. The molecule has 2 bridgehead atoms. The minimum atomic E-state index is -0.784. The minimum absolute atomic E-state index is 0.0332. The molecule has 3 aliphatic rings. The van der Waals surface area contributed by atoms with Gasteiger partial charge in [-0.3, -0.25) is 14.4 Å². The first kappa shape index (κ1) is 25.0. The molecule has 0 radical (unpaired) electrons. The third kappa shape index (κ3) is 4.12. The maximum Gasteiger partial charge on any atom is 0.311 e. The molecule has 0 saturated carbocycles. The molecule has 34 heavy (non-hydrogen) atoms. The number of esters is 1. The lowest BCUT2D eigenvalue weighted by Gasteiger charge is -2.37. The second-order valence-electron chi connectivity index (χ2n) is 8.83. The number of fused-ring (bicyclic) bond motifs is 1. The lowest BCUT2D eigenvalue weighted by atomic mass is 9.71. The summed E-state index contributed by atoms with van der Waals surface area (Å²) in [6, 6.07) is 8.87. The number of amides is 2. The number of carbonyl (C=O) groups excluding carboxylic acids is 3. The van der Waals surface area contributed by atoms with Gasteiger partial charge in [-0.2, -0.15) is 0 Å². The van der Waals surface area contributed by atoms with Gasteiger partial charge in [0, 0.05) is 29.7 Å². The molecule has 182 valence electrons. The summed E-state index contributed by atoms with van der Waals surface area (Å²) < 4.78 is 4.60. The number of carbonyl (C=O) groups is 3. The van der Waals surface area contributed by atoms with Crippen LogP contribution in [0.15, 0.2) is 55.6 Å². The molecule has 0 aliphatic carbocycles. The van der Waals surface area contributed by atoms with E-state index in [0.29, 0.717) is 19.5 Å². The monoisotopic (exact) mass is 548 g/mol. The number of likely N-dealkylation sites (tertiary alicyclic amines) is 1. The molecule has 1 aromatic rings. The van der Waals surface area contributed by atoms with E-state index in [0.717, 1.165) is 5.56 Å². The number of ether oxygens (including phenoxy) is 1. The summed E-state index contributed by atoms with van der Waals surface area (Å²) in [4.78, 5) is 43.9. The van der Waals surface area contributed by atoms with E-state index < -0.39 is 28.6 Å². The van der Waals surface area contributed by atoms with Crippen molar-refractivity contribution in [2.75, 3.05) is 26.3 Å². The predicted molar refractivity (Wildman–Crippen MR) is 134 cm³/mol. The highest BCUT2D eigenvalue weighted by molar-refractivity contribution is 9.09. The summed E-state index contributed by atoms with van der Waals surface area (Å²) in [5.41, 5.74) is 0.970. The van der Waals surface area contributed by atoms with E-state index in [-0.39, 0.29) is 41.6 Å². The number of β-amino-alcohol motifs (C(OH)–C–C–N with tert-alkyl or cyclic N) is 1. The molecule has 3 saturated heterocycles. The molecule has 7 nitrogen and oxygen atoms in total. The number of aliphatic hydroxyl groups excluding tert-OH is 1. The van der Waals surface area contributed by atoms with Crippen LogP contribution in [0.3, 0.4) is 0 Å². The van der Waals surface area contributed by atoms with E-state index in [1.165, 1.54) is 11.0 Å². The number of nitrogens with zero attached hydrogens (tertiary/aromatic N) is 2. The van der Waals surface area contributed by atoms with Crippen molar-refractivity contribution in [3.8, 4) is 0 Å². The molecule has 1 aromatic carbocycles. The average molecular weight is 549 g/mol. The van der Waals surface area contributed by atoms with Gasteiger partial charge in [0.2, 0.25) is 11.8 Å². The van der Waals surface area contributed by atoms with Gasteiger partial charge in [0.1, 0.15) is 12.6 Å². The van der Waals surface area contributed by atoms with Crippen LogP contribution in [0, 0.1) is 11.8 Å². The van der Waals surface area contributed by atoms with Gasteiger partial charge in [-0.15, -0.1) is 18.3 Å². The molecule has 4 rings (SSSR count). The molecule has 0 aromatic heterocycles. The van der Waals surface area contributed by atoms with Crippen molar-refractivity contribution in [1.29, 1.82) is 0 Å². The van der Waals surface area contributed by atoms with E-state index in [1.54, 1.807) is 22.7 Å². The largest absolute Gasteiger partial charge is 0.461 e. The number of thioether (sulfide) groups is 1. The lowest BCUT2D eigenvalue weighted by Crippen LogP contribution is -2.55. The first-order valence-electron chi connectivity index (χ1n) is 11.3. The first-order valence-corrected chi connectivity index (χ1v) is 13.1. The van der Waals surface area contributed by atoms with Crippen LogP contribution in [-0.4, -0.2) is 79.9 Å². The van der Waals surface area contributed by atoms with Gasteiger partial charge in [-0.25, -0.2) is 0 Å². The molecule has 3 fully saturated rings. The van der Waals surface area contributed by atoms with Gasteiger partial charge in [-0.05, 0) is 12.0 Å². The highest BCUT2D eigenvalue weighted by Crippen LogP contribution is 2.68. The molecule has 3 aliphatic heterocycles. The number of aliphatic hydroxyl groups is 1. The van der Waals surface area contributed by atoms with Crippen molar-refractivity contribution < 1.29 is 24.2 Å². The first-order chi connectivity index (χ1) is 16.4. The average Bonchev–Trinajstić information content (AvgIpc) is 3.41. The molecule has 9 heteroatoms. The Labute approximate surface area is 212 Å². The normalized spacial score (nSPS) is 31.3. The van der Waals surface area contributed by atoms with E-state index in [1.807, 2.05) is 30.3 Å². The molecule has 1 spiro atoms. The highest BCUT2D eigenvalue weighted by Gasteiger charge is 2.76. The Morgan fingerprint density at radius 1 is 1.29 bits per heavy atom. The van der Waals surface area contributed by atoms with Gasteiger partial charge < -0.3 is 19.6 Å². The maximum atomic E-state index is 14.1. The van der Waals surface area contributed by atoms with Gasteiger partial charge in [-0.1, -0.05) is 65.0 Å². The fourth-order valence-corrected chi connectivity index (χ4v) is 9.22. The van der Waals surface area contributed by atoms with E-state index in [2.05, 4.69) is 29.1 Å². The smallest absolute Gasteiger partial charge is 0.311 e. The fraction of sp³-hybridized carbons (Fsp3) is 0.480. The third-order valence-corrected chi connectivity index (χ3v) is 10.1. The number of hydrogen-bond donors (Lipinski definition) is 1. The zero-order valence-corrected chi connectivity index (χ0v) is 21.2. The van der Waals surface area contributed by atoms with Crippen molar-refractivity contribution in [3.63, 3.8) is 0 Å². The van der Waals surface area contributed by atoms with Crippen LogP contribution in [-0.2, 0) is 25.7 Å². The molecule has 3 heterocycles. The van der Waals surface area contributed by atoms with Crippen LogP contribution in [0.1, 0.15) is 12.0 Å². The minimum Gasteiger partial charge on any atom is -0.461 e. The molecule has 6 atom stereocenters. The molecule has 3 unspecified atom stereocenters. The van der Waals surface area contributed by atoms with Crippen molar-refractivity contribution >= 4 is 45.5 Å². The number of rotatable bonds is 10. The summed E-state index contributed by atoms with van der Waals surface area (Å²) >= 11 is 5.26. The van der Waals surface area contributed by atoms with Crippen LogP contribution in [0.5, 0.6) is 0 Å². The van der Waals surface area contributed by atoms with Crippen LogP contribution in [0.4, 0.5) is 0 Å². The Bertz CT molecular complexity index is 975. The van der Waals surface area contributed by atoms with Gasteiger partial charge >= 0.3 is 5.97 Å². The molecular weight excluding hydrogens is 520 g/mol. The summed E-state index contributed by atoms with van der Waals surface area (Å²) in [5, 5.41) is 9.57. The summed E-state index contributed by atoms with van der Waals surface area (Å²) in [6.07, 6.45) is 3.75. The van der Waals surface area contributed by atoms with Crippen molar-refractivity contribution in [2.45, 2.75) is 33.8 Å². The van der Waals surface area contributed by atoms with Crippen molar-refractivity contribution in [1.82, 2.24) is 9.80 Å². The molecule has 2 amide bonds. The molecular formula is C25H29BrN2O5S. The Morgan fingerprint density at radius 2 is 2.03 bits per heavy atom. The summed E-state index contributed by atoms with van der Waals surface area (Å²) in [6.45, 7) is 7.94. The van der Waals surface area contributed by atoms with Crippen LogP contribution >= 0.6 is 27.7 Å². The van der Waals surface area contributed by atoms with Gasteiger partial charge in [0.15, 0.2) is 0 Å². The third-order valence-electron chi connectivity index (χ3n) is 6.86. The number of alkyl halides is 1. The summed E-state index contributed by atoms with van der Waals surface area (Å²) in [5.74, 6) is -2.22. The van der Waals surface area contributed by atoms with Crippen LogP contribution in [0.2, 0.25) is 0 Å². The predicted octanol–water partition coefficient (Wildman–Crippen LogP) is 2.39. The number of hydrogen-bond acceptors (Lipinski definition) is 6. The Hall–Kier alpha value is -2.10. The van der Waals surface area contributed by atoms with Crippen molar-refractivity contribution in [3.05, 3.63) is 61.2 Å². The SMILES string of the molecule is C=CCOC(=O)[C@H]1[C@@H]2SC3(CC2Br)C(C(=O)N(CC=C)Cc2ccccc2)N(CCO)C(=O)[C@H]13. The standard InChI is InChI=1S/C25H29BrN2O5S/c1-3-10-27(15-16-8-6-5-7-9-16)23(31)21-25-14-17(26)20(34-25)18(24(32)33-13-4-2)19(25)22(30)28(21)11-12-29/h3-9,17-21,29H,1-2,10-15H2/t17?,18-,19+,20-,21?,25?/m1/s1. The second kappa shape index (κ2) is 10.3. The molecule has 1 N–H and O–H groups in total. The number of benzene rings is 1. The fourth-order valence-electron chi connectivity index (χ4n) is 5.63. The van der Waals surface area contributed by atoms with Gasteiger partial charge in [0.25, 0.3) is 0 Å². The topological polar surface area (TPSA) is 87.2 Å². The maximum absolute atomic E-state index is 14.1. The van der Waals surface area contributed by atoms with Gasteiger partial charge in [0.05, 0.1) is 23.2 Å². The lowest BCUT2D eigenvalue weighted by molar-refractivity contribution is -0.153. The van der Waals surface area contributed by atoms with Crippen LogP contribution in [0.25, 0.3) is 0 Å². The van der Waals surface area contributed by atoms with E-state index >= 15 is 0 Å².